The lowest BCUT2D eigenvalue weighted by Crippen LogP contribution is -2.24. The molecule has 0 unspecified atom stereocenters. The highest BCUT2D eigenvalue weighted by molar-refractivity contribution is 5.96. The van der Waals surface area contributed by atoms with Crippen LogP contribution in [0.2, 0.25) is 0 Å². The quantitative estimate of drug-likeness (QED) is 0.800. The minimum absolute atomic E-state index is 0.0271. The topological polar surface area (TPSA) is 58.2 Å². The van der Waals surface area contributed by atoms with Crippen LogP contribution in [0, 0.1) is 0 Å². The Hall–Kier alpha value is -2.10. The molecule has 1 rings (SSSR count). The van der Waals surface area contributed by atoms with Crippen molar-refractivity contribution in [2.24, 2.45) is 0 Å². The highest BCUT2D eigenvalue weighted by Crippen LogP contribution is 2.10. The van der Waals surface area contributed by atoms with Crippen LogP contribution in [0.3, 0.4) is 0 Å². The first-order valence-corrected chi connectivity index (χ1v) is 5.87. The van der Waals surface area contributed by atoms with Gasteiger partial charge in [-0.05, 0) is 32.4 Å². The number of hydrogen-bond donors (Lipinski definition) is 2. The second-order valence-corrected chi connectivity index (χ2v) is 4.08. The number of hydrogen-bond acceptors (Lipinski definition) is 2. The highest BCUT2D eigenvalue weighted by atomic mass is 16.2. The van der Waals surface area contributed by atoms with Crippen LogP contribution in [0.25, 0.3) is 0 Å². The fourth-order valence-electron chi connectivity index (χ4n) is 1.27. The molecule has 4 heteroatoms. The highest BCUT2D eigenvalue weighted by Gasteiger charge is 2.03. The molecule has 2 N–H and O–H groups in total. The Labute approximate surface area is 107 Å². The van der Waals surface area contributed by atoms with Crippen LogP contribution in [-0.2, 0) is 0 Å². The SMILES string of the molecule is CC/C(C)=C/NC(=O)Nc1cccc(C(C)=O)c1. The molecular weight excluding hydrogens is 228 g/mol. The number of anilines is 1. The molecule has 0 spiro atoms. The van der Waals surface area contributed by atoms with E-state index < -0.39 is 0 Å². The summed E-state index contributed by atoms with van der Waals surface area (Å²) in [7, 11) is 0. The largest absolute Gasteiger partial charge is 0.323 e. The summed E-state index contributed by atoms with van der Waals surface area (Å²) >= 11 is 0. The van der Waals surface area contributed by atoms with Gasteiger partial charge in [-0.3, -0.25) is 4.79 Å². The molecule has 0 saturated carbocycles. The van der Waals surface area contributed by atoms with E-state index in [-0.39, 0.29) is 11.8 Å². The van der Waals surface area contributed by atoms with Crippen LogP contribution in [0.4, 0.5) is 10.5 Å². The first-order chi connectivity index (χ1) is 8.52. The summed E-state index contributed by atoms with van der Waals surface area (Å²) in [4.78, 5) is 22.8. The number of rotatable bonds is 4. The van der Waals surface area contributed by atoms with Crippen molar-refractivity contribution in [2.75, 3.05) is 5.32 Å². The van der Waals surface area contributed by atoms with Crippen LogP contribution in [-0.4, -0.2) is 11.8 Å². The van der Waals surface area contributed by atoms with Gasteiger partial charge in [0.2, 0.25) is 0 Å². The molecule has 1 aromatic carbocycles. The molecular formula is C14H18N2O2. The molecule has 18 heavy (non-hydrogen) atoms. The molecule has 2 amide bonds. The van der Waals surface area contributed by atoms with Crippen molar-refractivity contribution >= 4 is 17.5 Å². The maximum absolute atomic E-state index is 11.6. The van der Waals surface area contributed by atoms with E-state index in [0.29, 0.717) is 11.3 Å². The van der Waals surface area contributed by atoms with E-state index in [2.05, 4.69) is 10.6 Å². The van der Waals surface area contributed by atoms with Crippen molar-refractivity contribution in [1.82, 2.24) is 5.32 Å². The van der Waals surface area contributed by atoms with E-state index in [0.717, 1.165) is 12.0 Å². The second kappa shape index (κ2) is 6.59. The van der Waals surface area contributed by atoms with E-state index in [1.807, 2.05) is 13.8 Å². The summed E-state index contributed by atoms with van der Waals surface area (Å²) in [6.07, 6.45) is 2.56. The van der Waals surface area contributed by atoms with Gasteiger partial charge in [0.25, 0.3) is 0 Å². The van der Waals surface area contributed by atoms with Crippen LogP contribution < -0.4 is 10.6 Å². The van der Waals surface area contributed by atoms with Crippen LogP contribution in [0.15, 0.2) is 36.0 Å². The molecule has 0 aliphatic heterocycles. The third-order valence-corrected chi connectivity index (χ3v) is 2.53. The number of carbonyl (C=O) groups is 2. The monoisotopic (exact) mass is 246 g/mol. The number of benzene rings is 1. The van der Waals surface area contributed by atoms with Crippen LogP contribution in [0.1, 0.15) is 37.6 Å². The Kier molecular flexibility index (Phi) is 5.11. The number of amides is 2. The first-order valence-electron chi connectivity index (χ1n) is 5.87. The summed E-state index contributed by atoms with van der Waals surface area (Å²) < 4.78 is 0. The minimum atomic E-state index is -0.316. The molecule has 4 nitrogen and oxygen atoms in total. The minimum Gasteiger partial charge on any atom is -0.314 e. The van der Waals surface area contributed by atoms with E-state index in [1.54, 1.807) is 30.5 Å². The Bertz CT molecular complexity index is 478. The maximum Gasteiger partial charge on any atom is 0.323 e. The van der Waals surface area contributed by atoms with E-state index in [4.69, 9.17) is 0 Å². The average molecular weight is 246 g/mol. The predicted octanol–water partition coefficient (Wildman–Crippen LogP) is 3.32. The van der Waals surface area contributed by atoms with Crippen molar-refractivity contribution in [1.29, 1.82) is 0 Å². The van der Waals surface area contributed by atoms with E-state index >= 15 is 0 Å². The molecule has 1 aromatic rings. The zero-order chi connectivity index (χ0) is 13.5. The van der Waals surface area contributed by atoms with Crippen molar-refractivity contribution < 1.29 is 9.59 Å². The number of urea groups is 1. The predicted molar refractivity (Wildman–Crippen MR) is 72.6 cm³/mol. The second-order valence-electron chi connectivity index (χ2n) is 4.08. The molecule has 0 radical (unpaired) electrons. The molecule has 0 bridgehead atoms. The van der Waals surface area contributed by atoms with E-state index in [1.165, 1.54) is 6.92 Å². The van der Waals surface area contributed by atoms with Gasteiger partial charge in [0.15, 0.2) is 5.78 Å². The summed E-state index contributed by atoms with van der Waals surface area (Å²) in [6, 6.07) is 6.52. The lowest BCUT2D eigenvalue weighted by Gasteiger charge is -2.06. The van der Waals surface area contributed by atoms with Crippen molar-refractivity contribution in [3.05, 3.63) is 41.6 Å². The lowest BCUT2D eigenvalue weighted by atomic mass is 10.1. The summed E-state index contributed by atoms with van der Waals surface area (Å²) in [5.74, 6) is -0.0271. The van der Waals surface area contributed by atoms with Gasteiger partial charge in [-0.15, -0.1) is 0 Å². The van der Waals surface area contributed by atoms with Crippen molar-refractivity contribution in [2.45, 2.75) is 27.2 Å². The molecule has 0 aliphatic carbocycles. The normalized spacial score (nSPS) is 10.9. The van der Waals surface area contributed by atoms with Gasteiger partial charge in [0.1, 0.15) is 0 Å². The van der Waals surface area contributed by atoms with Gasteiger partial charge in [-0.25, -0.2) is 4.79 Å². The van der Waals surface area contributed by atoms with Crippen molar-refractivity contribution in [3.8, 4) is 0 Å². The fourth-order valence-corrected chi connectivity index (χ4v) is 1.27. The third-order valence-electron chi connectivity index (χ3n) is 2.53. The average Bonchev–Trinajstić information content (AvgIpc) is 2.36. The van der Waals surface area contributed by atoms with E-state index in [9.17, 15) is 9.59 Å². The zero-order valence-electron chi connectivity index (χ0n) is 10.9. The Balaban J connectivity index is 2.65. The number of Topliss-reactive ketones (excluding diaryl/α,β-unsaturated/α-hetero) is 1. The molecule has 96 valence electrons. The van der Waals surface area contributed by atoms with Crippen LogP contribution in [0.5, 0.6) is 0 Å². The zero-order valence-corrected chi connectivity index (χ0v) is 10.9. The number of allylic oxidation sites excluding steroid dienone is 1. The number of nitrogens with one attached hydrogen (secondary N) is 2. The molecule has 0 atom stereocenters. The maximum atomic E-state index is 11.6. The molecule has 0 aromatic heterocycles. The van der Waals surface area contributed by atoms with Gasteiger partial charge >= 0.3 is 6.03 Å². The molecule has 0 fully saturated rings. The van der Waals surface area contributed by atoms with Crippen molar-refractivity contribution in [3.63, 3.8) is 0 Å². The summed E-state index contributed by atoms with van der Waals surface area (Å²) in [5, 5.41) is 5.30. The van der Waals surface area contributed by atoms with Gasteiger partial charge in [-0.1, -0.05) is 24.6 Å². The third kappa shape index (κ3) is 4.41. The molecule has 0 aliphatic rings. The van der Waals surface area contributed by atoms with Gasteiger partial charge in [0, 0.05) is 17.5 Å². The summed E-state index contributed by atoms with van der Waals surface area (Å²) in [6.45, 7) is 5.45. The summed E-state index contributed by atoms with van der Waals surface area (Å²) in [5.41, 5.74) is 2.26. The number of ketones is 1. The Morgan fingerprint density at radius 1 is 1.28 bits per heavy atom. The Morgan fingerprint density at radius 2 is 2.00 bits per heavy atom. The fraction of sp³-hybridized carbons (Fsp3) is 0.286. The van der Waals surface area contributed by atoms with Gasteiger partial charge in [-0.2, -0.15) is 0 Å². The Morgan fingerprint density at radius 3 is 2.61 bits per heavy atom. The lowest BCUT2D eigenvalue weighted by molar-refractivity contribution is 0.101. The van der Waals surface area contributed by atoms with Gasteiger partial charge < -0.3 is 10.6 Å². The smallest absolute Gasteiger partial charge is 0.314 e. The van der Waals surface area contributed by atoms with Gasteiger partial charge in [0.05, 0.1) is 0 Å². The first kappa shape index (κ1) is 14.0. The number of carbonyl (C=O) groups excluding carboxylic acids is 2. The molecule has 0 heterocycles. The molecule has 0 saturated heterocycles. The standard InChI is InChI=1S/C14H18N2O2/c1-4-10(2)9-15-14(18)16-13-7-5-6-12(8-13)11(3)17/h5-9H,4H2,1-3H3,(H2,15,16,18)/b10-9+. The van der Waals surface area contributed by atoms with Crippen LogP contribution >= 0.6 is 0 Å².